The molecule has 9 nitrogen and oxygen atoms in total. The molecule has 1 aliphatic heterocycles. The van der Waals surface area contributed by atoms with Crippen molar-refractivity contribution >= 4 is 34.4 Å². The lowest BCUT2D eigenvalue weighted by molar-refractivity contribution is -0.113. The van der Waals surface area contributed by atoms with Crippen LogP contribution in [0, 0.1) is 0 Å². The third kappa shape index (κ3) is 4.08. The zero-order valence-electron chi connectivity index (χ0n) is 15.8. The van der Waals surface area contributed by atoms with Crippen molar-refractivity contribution in [2.24, 2.45) is 0 Å². The molecule has 2 aromatic carbocycles. The van der Waals surface area contributed by atoms with Crippen LogP contribution in [0.2, 0.25) is 0 Å². The Hall–Kier alpha value is -3.53. The van der Waals surface area contributed by atoms with Crippen molar-refractivity contribution in [3.8, 4) is 11.5 Å². The topological polar surface area (TPSA) is 115 Å². The Bertz CT molecular complexity index is 1170. The summed E-state index contributed by atoms with van der Waals surface area (Å²) in [6.07, 6.45) is 1.22. The normalized spacial score (nSPS) is 12.4. The molecule has 30 heavy (non-hydrogen) atoms. The SMILES string of the molecule is O=C(CSc1nnc(CCc2nc3ccccc3[nH]2)o1)Nc1ccc2c(c1)OCO2. The van der Waals surface area contributed by atoms with Crippen LogP contribution in [0.4, 0.5) is 5.69 Å². The van der Waals surface area contributed by atoms with Gasteiger partial charge in [-0.25, -0.2) is 4.98 Å². The van der Waals surface area contributed by atoms with Gasteiger partial charge in [-0.1, -0.05) is 23.9 Å². The average Bonchev–Trinajstić information content (AvgIpc) is 3.49. The number of para-hydroxylation sites is 2. The van der Waals surface area contributed by atoms with Crippen LogP contribution in [0.3, 0.4) is 0 Å². The first kappa shape index (κ1) is 18.5. The third-order valence-corrected chi connectivity index (χ3v) is 5.26. The lowest BCUT2D eigenvalue weighted by Gasteiger charge is -2.05. The molecule has 2 N–H and O–H groups in total. The summed E-state index contributed by atoms with van der Waals surface area (Å²) in [6, 6.07) is 13.1. The van der Waals surface area contributed by atoms with Crippen LogP contribution < -0.4 is 14.8 Å². The highest BCUT2D eigenvalue weighted by Gasteiger charge is 2.15. The first-order chi connectivity index (χ1) is 14.7. The average molecular weight is 423 g/mol. The number of imidazole rings is 1. The van der Waals surface area contributed by atoms with Crippen LogP contribution in [0.25, 0.3) is 11.0 Å². The van der Waals surface area contributed by atoms with Crippen LogP contribution in [0.5, 0.6) is 11.5 Å². The van der Waals surface area contributed by atoms with Crippen molar-refractivity contribution in [2.45, 2.75) is 18.1 Å². The molecule has 0 saturated carbocycles. The molecule has 1 aliphatic rings. The van der Waals surface area contributed by atoms with Gasteiger partial charge in [-0.3, -0.25) is 4.79 Å². The smallest absolute Gasteiger partial charge is 0.277 e. The number of hydrogen-bond acceptors (Lipinski definition) is 8. The maximum atomic E-state index is 12.2. The predicted molar refractivity (Wildman–Crippen MR) is 110 cm³/mol. The van der Waals surface area contributed by atoms with Crippen molar-refractivity contribution in [1.82, 2.24) is 20.2 Å². The number of nitrogens with one attached hydrogen (secondary N) is 2. The van der Waals surface area contributed by atoms with Crippen LogP contribution in [0.1, 0.15) is 11.7 Å². The van der Waals surface area contributed by atoms with Crippen molar-refractivity contribution in [3.05, 3.63) is 54.2 Å². The molecule has 152 valence electrons. The fourth-order valence-electron chi connectivity index (χ4n) is 3.05. The third-order valence-electron chi connectivity index (χ3n) is 4.45. The number of ether oxygens (including phenoxy) is 2. The lowest BCUT2D eigenvalue weighted by atomic mass is 10.3. The Kier molecular flexibility index (Phi) is 4.98. The Morgan fingerprint density at radius 1 is 1.10 bits per heavy atom. The molecule has 0 unspecified atom stereocenters. The number of amides is 1. The predicted octanol–water partition coefficient (Wildman–Crippen LogP) is 3.19. The fraction of sp³-hybridized carbons (Fsp3) is 0.200. The van der Waals surface area contributed by atoms with E-state index in [2.05, 4.69) is 25.5 Å². The van der Waals surface area contributed by atoms with E-state index >= 15 is 0 Å². The maximum Gasteiger partial charge on any atom is 0.277 e. The van der Waals surface area contributed by atoms with Crippen LogP contribution in [-0.4, -0.2) is 38.6 Å². The van der Waals surface area contributed by atoms with Gasteiger partial charge in [0, 0.05) is 24.6 Å². The molecule has 0 aliphatic carbocycles. The number of rotatable bonds is 7. The van der Waals surface area contributed by atoms with Gasteiger partial charge >= 0.3 is 0 Å². The van der Waals surface area contributed by atoms with E-state index in [-0.39, 0.29) is 18.5 Å². The number of anilines is 1. The minimum Gasteiger partial charge on any atom is -0.454 e. The van der Waals surface area contributed by atoms with Crippen molar-refractivity contribution in [2.75, 3.05) is 17.9 Å². The molecule has 0 bridgehead atoms. The van der Waals surface area contributed by atoms with E-state index in [4.69, 9.17) is 13.9 Å². The highest BCUT2D eigenvalue weighted by Crippen LogP contribution is 2.34. The van der Waals surface area contributed by atoms with E-state index in [0.29, 0.717) is 41.1 Å². The molecule has 0 saturated heterocycles. The standard InChI is InChI=1S/C20H17N5O4S/c26-18(21-12-5-6-15-16(9-12)28-11-27-15)10-30-20-25-24-19(29-20)8-7-17-22-13-3-1-2-4-14(13)23-17/h1-6,9H,7-8,10-11H2,(H,21,26)(H,22,23). The molecule has 2 aromatic heterocycles. The molecule has 0 spiro atoms. The van der Waals surface area contributed by atoms with Crippen molar-refractivity contribution in [1.29, 1.82) is 0 Å². The first-order valence-electron chi connectivity index (χ1n) is 9.31. The summed E-state index contributed by atoms with van der Waals surface area (Å²) in [5.74, 6) is 2.64. The van der Waals surface area contributed by atoms with Gasteiger partial charge in [0.25, 0.3) is 5.22 Å². The number of aromatic nitrogens is 4. The number of H-pyrrole nitrogens is 1. The Labute approximate surface area is 175 Å². The van der Waals surface area contributed by atoms with E-state index in [0.717, 1.165) is 16.9 Å². The number of thioether (sulfide) groups is 1. The number of aromatic amines is 1. The van der Waals surface area contributed by atoms with Gasteiger partial charge in [0.05, 0.1) is 16.8 Å². The summed E-state index contributed by atoms with van der Waals surface area (Å²) in [5.41, 5.74) is 2.58. The Morgan fingerprint density at radius 3 is 2.93 bits per heavy atom. The molecule has 0 atom stereocenters. The second kappa shape index (κ2) is 8.07. The summed E-state index contributed by atoms with van der Waals surface area (Å²) < 4.78 is 16.2. The summed E-state index contributed by atoms with van der Waals surface area (Å²) >= 11 is 1.19. The molecular formula is C20H17N5O4S. The minimum absolute atomic E-state index is 0.152. The monoisotopic (exact) mass is 423 g/mol. The van der Waals surface area contributed by atoms with E-state index in [9.17, 15) is 4.79 Å². The van der Waals surface area contributed by atoms with Gasteiger partial charge in [0.15, 0.2) is 11.5 Å². The summed E-state index contributed by atoms with van der Waals surface area (Å²) in [6.45, 7) is 0.193. The number of carbonyl (C=O) groups excluding carboxylic acids is 1. The molecular weight excluding hydrogens is 406 g/mol. The number of hydrogen-bond donors (Lipinski definition) is 2. The Balaban J connectivity index is 1.12. The molecule has 5 rings (SSSR count). The van der Waals surface area contributed by atoms with Gasteiger partial charge in [-0.2, -0.15) is 0 Å². The molecule has 10 heteroatoms. The van der Waals surface area contributed by atoms with Crippen molar-refractivity contribution < 1.29 is 18.7 Å². The zero-order chi connectivity index (χ0) is 20.3. The summed E-state index contributed by atoms with van der Waals surface area (Å²) in [7, 11) is 0. The Morgan fingerprint density at radius 2 is 2.00 bits per heavy atom. The molecule has 0 fully saturated rings. The lowest BCUT2D eigenvalue weighted by Crippen LogP contribution is -2.13. The van der Waals surface area contributed by atoms with Gasteiger partial charge in [0.1, 0.15) is 5.82 Å². The van der Waals surface area contributed by atoms with Gasteiger partial charge < -0.3 is 24.2 Å². The second-order valence-corrected chi connectivity index (χ2v) is 7.49. The molecule has 3 heterocycles. The number of fused-ring (bicyclic) bond motifs is 2. The van der Waals surface area contributed by atoms with Crippen LogP contribution in [0.15, 0.2) is 52.1 Å². The number of benzene rings is 2. The maximum absolute atomic E-state index is 12.2. The second-order valence-electron chi connectivity index (χ2n) is 6.57. The van der Waals surface area contributed by atoms with E-state index in [1.165, 1.54) is 11.8 Å². The van der Waals surface area contributed by atoms with Crippen molar-refractivity contribution in [3.63, 3.8) is 0 Å². The highest BCUT2D eigenvalue weighted by atomic mass is 32.2. The first-order valence-corrected chi connectivity index (χ1v) is 10.3. The van der Waals surface area contributed by atoms with Crippen LogP contribution >= 0.6 is 11.8 Å². The number of aryl methyl sites for hydroxylation is 2. The quantitative estimate of drug-likeness (QED) is 0.436. The van der Waals surface area contributed by atoms with Gasteiger partial charge in [-0.15, -0.1) is 10.2 Å². The number of nitrogens with zero attached hydrogens (tertiary/aromatic N) is 3. The minimum atomic E-state index is -0.180. The van der Waals surface area contributed by atoms with Crippen LogP contribution in [-0.2, 0) is 17.6 Å². The summed E-state index contributed by atoms with van der Waals surface area (Å²) in [4.78, 5) is 20.0. The van der Waals surface area contributed by atoms with Gasteiger partial charge in [0.2, 0.25) is 18.6 Å². The zero-order valence-corrected chi connectivity index (χ0v) is 16.6. The largest absolute Gasteiger partial charge is 0.454 e. The summed E-state index contributed by atoms with van der Waals surface area (Å²) in [5, 5.41) is 11.2. The molecule has 4 aromatic rings. The molecule has 0 radical (unpaired) electrons. The van der Waals surface area contributed by atoms with E-state index in [1.807, 2.05) is 24.3 Å². The van der Waals surface area contributed by atoms with E-state index in [1.54, 1.807) is 18.2 Å². The van der Waals surface area contributed by atoms with Gasteiger partial charge in [-0.05, 0) is 24.3 Å². The highest BCUT2D eigenvalue weighted by molar-refractivity contribution is 7.99. The van der Waals surface area contributed by atoms with E-state index < -0.39 is 0 Å². The number of carbonyl (C=O) groups is 1. The fourth-order valence-corrected chi connectivity index (χ4v) is 3.63. The molecule has 1 amide bonds.